The molecule has 2 heterocycles. The van der Waals surface area contributed by atoms with Gasteiger partial charge in [0.05, 0.1) is 32.2 Å². The Morgan fingerprint density at radius 3 is 2.58 bits per heavy atom. The molecule has 0 saturated heterocycles. The first-order valence-corrected chi connectivity index (χ1v) is 12.5. The molecule has 1 aliphatic rings. The topological polar surface area (TPSA) is 124 Å². The molecule has 198 valence electrons. The number of aromatic hydroxyl groups is 1. The molecule has 2 aromatic carbocycles. The van der Waals surface area contributed by atoms with E-state index < -0.39 is 51.4 Å². The number of nitrogens with zero attached hydrogens (tertiary/aromatic N) is 3. The third-order valence-corrected chi connectivity index (χ3v) is 7.20. The van der Waals surface area contributed by atoms with E-state index in [1.165, 1.54) is 31.2 Å². The van der Waals surface area contributed by atoms with Crippen molar-refractivity contribution in [2.24, 2.45) is 4.99 Å². The zero-order chi connectivity index (χ0) is 27.9. The summed E-state index contributed by atoms with van der Waals surface area (Å²) >= 11 is 9.50. The van der Waals surface area contributed by atoms with Crippen molar-refractivity contribution in [2.45, 2.75) is 19.1 Å². The number of hydrogen-bond acceptors (Lipinski definition) is 8. The molecule has 4 rings (SSSR count). The normalized spacial score (nSPS) is 15.7. The van der Waals surface area contributed by atoms with Gasteiger partial charge >= 0.3 is 12.1 Å². The molecule has 0 fully saturated rings. The van der Waals surface area contributed by atoms with E-state index in [4.69, 9.17) is 16.3 Å². The van der Waals surface area contributed by atoms with E-state index in [0.29, 0.717) is 11.3 Å². The predicted molar refractivity (Wildman–Crippen MR) is 135 cm³/mol. The van der Waals surface area contributed by atoms with Crippen LogP contribution in [-0.2, 0) is 9.53 Å². The highest BCUT2D eigenvalue weighted by molar-refractivity contribution is 9.10. The summed E-state index contributed by atoms with van der Waals surface area (Å²) in [4.78, 5) is 40.1. The summed E-state index contributed by atoms with van der Waals surface area (Å²) in [7, 11) is 0. The zero-order valence-corrected chi connectivity index (χ0v) is 22.1. The molecule has 1 aliphatic heterocycles. The summed E-state index contributed by atoms with van der Waals surface area (Å²) in [5, 5.41) is 21.9. The van der Waals surface area contributed by atoms with Gasteiger partial charge in [0, 0.05) is 22.7 Å². The number of aromatic nitrogens is 1. The molecule has 0 aliphatic carbocycles. The number of alkyl halides is 3. The minimum Gasteiger partial charge on any atom is -0.506 e. The number of carbonyl (C=O) groups is 1. The molecule has 0 bridgehead atoms. The van der Waals surface area contributed by atoms with E-state index in [1.54, 1.807) is 0 Å². The lowest BCUT2D eigenvalue weighted by molar-refractivity contribution is -0.385. The number of phenolic OH excluding ortho intramolecular Hbond substituents is 1. The highest BCUT2D eigenvalue weighted by atomic mass is 79.9. The molecule has 0 amide bonds. The minimum atomic E-state index is -5.08. The van der Waals surface area contributed by atoms with E-state index in [1.807, 2.05) is 0 Å². The number of carbonyl (C=O) groups excluding carboxylic acids is 1. The Morgan fingerprint density at radius 2 is 2.00 bits per heavy atom. The fourth-order valence-corrected chi connectivity index (χ4v) is 5.34. The largest absolute Gasteiger partial charge is 0.506 e. The van der Waals surface area contributed by atoms with E-state index in [0.717, 1.165) is 22.8 Å². The Kier molecular flexibility index (Phi) is 7.50. The van der Waals surface area contributed by atoms with Gasteiger partial charge in [0.25, 0.3) is 11.2 Å². The highest BCUT2D eigenvalue weighted by Crippen LogP contribution is 2.38. The molecule has 9 nitrogen and oxygen atoms in total. The number of fused-ring (bicyclic) bond motifs is 1. The minimum absolute atomic E-state index is 0.0336. The van der Waals surface area contributed by atoms with Crippen molar-refractivity contribution in [3.63, 3.8) is 0 Å². The van der Waals surface area contributed by atoms with Gasteiger partial charge in [0.2, 0.25) is 0 Å². The number of esters is 1. The second-order valence-electron chi connectivity index (χ2n) is 7.74. The maximum atomic E-state index is 14.1. The summed E-state index contributed by atoms with van der Waals surface area (Å²) in [5.41, 5.74) is -3.68. The number of hydrogen-bond donors (Lipinski definition) is 1. The van der Waals surface area contributed by atoms with Gasteiger partial charge in [-0.15, -0.1) is 0 Å². The van der Waals surface area contributed by atoms with Crippen LogP contribution in [0.4, 0.5) is 18.9 Å². The van der Waals surface area contributed by atoms with Gasteiger partial charge in [0.1, 0.15) is 5.75 Å². The molecular weight excluding hydrogens is 619 g/mol. The first-order chi connectivity index (χ1) is 17.8. The summed E-state index contributed by atoms with van der Waals surface area (Å²) in [6.07, 6.45) is -3.98. The number of rotatable bonds is 5. The van der Waals surface area contributed by atoms with Crippen molar-refractivity contribution in [3.8, 4) is 5.75 Å². The Balaban J connectivity index is 2.07. The summed E-state index contributed by atoms with van der Waals surface area (Å²) in [5.74, 6) is -1.74. The van der Waals surface area contributed by atoms with Crippen molar-refractivity contribution in [2.75, 3.05) is 6.61 Å². The van der Waals surface area contributed by atoms with Crippen molar-refractivity contribution >= 4 is 56.6 Å². The fraction of sp³-hybridized carbons (Fsp3) is 0.174. The Morgan fingerprint density at radius 1 is 1.34 bits per heavy atom. The smallest absolute Gasteiger partial charge is 0.434 e. The van der Waals surface area contributed by atoms with Gasteiger partial charge in [-0.05, 0) is 46.6 Å². The van der Waals surface area contributed by atoms with Gasteiger partial charge in [-0.3, -0.25) is 19.5 Å². The van der Waals surface area contributed by atoms with Crippen LogP contribution in [0.15, 0.2) is 61.9 Å². The lowest BCUT2D eigenvalue weighted by Crippen LogP contribution is -2.41. The Bertz CT molecular complexity index is 1680. The van der Waals surface area contributed by atoms with Crippen LogP contribution >= 0.6 is 38.9 Å². The maximum absolute atomic E-state index is 14.1. The number of non-ortho nitro benzene ring substituents is 1. The van der Waals surface area contributed by atoms with Crippen molar-refractivity contribution in [1.82, 2.24) is 4.57 Å². The highest BCUT2D eigenvalue weighted by Gasteiger charge is 2.45. The van der Waals surface area contributed by atoms with Crippen LogP contribution in [0.1, 0.15) is 24.1 Å². The van der Waals surface area contributed by atoms with Gasteiger partial charge in [-0.1, -0.05) is 35.1 Å². The molecule has 0 radical (unpaired) electrons. The SMILES string of the molecule is CCOC(=O)C1=C(C(F)(F)F)N=c2s/c(=C\c3cc([N+](=O)[O-])cc(Br)c3O)c(=O)n2[C@H]1c1ccc(Cl)cc1. The van der Waals surface area contributed by atoms with E-state index in [2.05, 4.69) is 20.9 Å². The van der Waals surface area contributed by atoms with Crippen LogP contribution in [0.5, 0.6) is 5.75 Å². The Hall–Kier alpha value is -3.49. The van der Waals surface area contributed by atoms with E-state index in [9.17, 15) is 38.0 Å². The summed E-state index contributed by atoms with van der Waals surface area (Å²) < 4.78 is 48.0. The fourth-order valence-electron chi connectivity index (χ4n) is 3.76. The lowest BCUT2D eigenvalue weighted by Gasteiger charge is -2.26. The van der Waals surface area contributed by atoms with Gasteiger partial charge in [-0.2, -0.15) is 13.2 Å². The van der Waals surface area contributed by atoms with Crippen LogP contribution in [-0.4, -0.2) is 33.3 Å². The second kappa shape index (κ2) is 10.3. The summed E-state index contributed by atoms with van der Waals surface area (Å²) in [6, 6.07) is 5.99. The number of halogens is 5. The second-order valence-corrected chi connectivity index (χ2v) is 10.0. The van der Waals surface area contributed by atoms with Crippen molar-refractivity contribution < 1.29 is 32.7 Å². The van der Waals surface area contributed by atoms with Gasteiger partial charge < -0.3 is 9.84 Å². The quantitative estimate of drug-likeness (QED) is 0.253. The number of allylic oxidation sites excluding steroid dienone is 1. The lowest BCUT2D eigenvalue weighted by atomic mass is 9.95. The van der Waals surface area contributed by atoms with Gasteiger partial charge in [0.15, 0.2) is 10.5 Å². The average Bonchev–Trinajstić information content (AvgIpc) is 3.15. The first kappa shape index (κ1) is 27.5. The number of nitro groups is 1. The molecule has 3 aromatic rings. The average molecular weight is 633 g/mol. The first-order valence-electron chi connectivity index (χ1n) is 10.6. The number of thiazole rings is 1. The maximum Gasteiger partial charge on any atom is 0.434 e. The third-order valence-electron chi connectivity index (χ3n) is 5.36. The predicted octanol–water partition coefficient (Wildman–Crippen LogP) is 4.37. The van der Waals surface area contributed by atoms with Crippen LogP contribution < -0.4 is 14.9 Å². The number of ether oxygens (including phenoxy) is 1. The van der Waals surface area contributed by atoms with E-state index in [-0.39, 0.29) is 36.6 Å². The molecular formula is C23H14BrClF3N3O6S. The standard InChI is InChI=1S/C23H14BrClF3N3O6S/c1-2-37-21(34)16-17(10-3-5-12(25)6-4-10)30-20(33)15(38-22(30)29-19(16)23(26,27)28)8-11-7-13(31(35)36)9-14(24)18(11)32/h3-9,17,32H,2H2,1H3/b15-8-/t17-/m0/s1. The molecule has 0 spiro atoms. The van der Waals surface area contributed by atoms with E-state index >= 15 is 0 Å². The van der Waals surface area contributed by atoms with Crippen LogP contribution in [0.25, 0.3) is 6.08 Å². The number of benzene rings is 2. The Labute approximate surface area is 228 Å². The van der Waals surface area contributed by atoms with Crippen molar-refractivity contribution in [1.29, 1.82) is 0 Å². The number of phenols is 1. The van der Waals surface area contributed by atoms with Gasteiger partial charge in [-0.25, -0.2) is 9.79 Å². The zero-order valence-electron chi connectivity index (χ0n) is 19.0. The molecule has 15 heteroatoms. The third kappa shape index (κ3) is 5.11. The van der Waals surface area contributed by atoms with Crippen LogP contribution in [0.3, 0.4) is 0 Å². The molecule has 1 atom stereocenters. The van der Waals surface area contributed by atoms with Crippen LogP contribution in [0.2, 0.25) is 5.02 Å². The van der Waals surface area contributed by atoms with Crippen LogP contribution in [0, 0.1) is 10.1 Å². The number of nitro benzene ring substituents is 1. The molecule has 1 N–H and O–H groups in total. The molecule has 38 heavy (non-hydrogen) atoms. The van der Waals surface area contributed by atoms with Crippen molar-refractivity contribution in [3.05, 3.63) is 98.1 Å². The molecule has 0 saturated carbocycles. The molecule has 1 aromatic heterocycles. The summed E-state index contributed by atoms with van der Waals surface area (Å²) in [6.45, 7) is 1.19. The molecule has 0 unspecified atom stereocenters. The monoisotopic (exact) mass is 631 g/mol.